The number of benzene rings is 2. The van der Waals surface area contributed by atoms with Gasteiger partial charge in [0.05, 0.1) is 7.18 Å². The lowest BCUT2D eigenvalue weighted by Crippen LogP contribution is -2.18. The molecular formula is C21H26BrFO. The number of aliphatic hydroxyl groups excluding tert-OH is 1. The van der Waals surface area contributed by atoms with Crippen LogP contribution in [-0.4, -0.2) is 12.3 Å². The molecule has 1 aliphatic rings. The zero-order chi connectivity index (χ0) is 17.7. The van der Waals surface area contributed by atoms with Crippen molar-refractivity contribution in [2.75, 3.05) is 7.18 Å². The van der Waals surface area contributed by atoms with Crippen LogP contribution in [0, 0.1) is 11.8 Å². The van der Waals surface area contributed by atoms with Crippen LogP contribution in [0.25, 0.3) is 10.8 Å². The molecule has 1 atom stereocenters. The van der Waals surface area contributed by atoms with Crippen LogP contribution in [0.5, 0.6) is 0 Å². The van der Waals surface area contributed by atoms with E-state index in [2.05, 4.69) is 47.6 Å². The van der Waals surface area contributed by atoms with E-state index >= 15 is 0 Å². The van der Waals surface area contributed by atoms with Crippen LogP contribution in [0.2, 0.25) is 0 Å². The summed E-state index contributed by atoms with van der Waals surface area (Å²) >= 11 is 3.68. The van der Waals surface area contributed by atoms with Gasteiger partial charge in [-0.15, -0.1) is 0 Å². The van der Waals surface area contributed by atoms with Crippen LogP contribution in [0.1, 0.15) is 44.3 Å². The Morgan fingerprint density at radius 2 is 1.75 bits per heavy atom. The average molecular weight is 393 g/mol. The van der Waals surface area contributed by atoms with Gasteiger partial charge in [-0.3, -0.25) is 4.39 Å². The lowest BCUT2D eigenvalue weighted by Gasteiger charge is -2.30. The topological polar surface area (TPSA) is 20.2 Å². The van der Waals surface area contributed by atoms with Gasteiger partial charge in [-0.1, -0.05) is 62.7 Å². The molecule has 0 radical (unpaired) electrons. The highest BCUT2D eigenvalue weighted by molar-refractivity contribution is 9.10. The summed E-state index contributed by atoms with van der Waals surface area (Å²) in [5.41, 5.74) is 1.91. The van der Waals surface area contributed by atoms with Crippen molar-refractivity contribution in [3.63, 3.8) is 0 Å². The van der Waals surface area contributed by atoms with Gasteiger partial charge in [-0.2, -0.15) is 0 Å². The van der Waals surface area contributed by atoms with Crippen LogP contribution in [0.4, 0.5) is 4.39 Å². The van der Waals surface area contributed by atoms with Gasteiger partial charge in [-0.05, 0) is 62.5 Å². The Morgan fingerprint density at radius 1 is 1.12 bits per heavy atom. The largest absolute Gasteiger partial charge is 0.384 e. The lowest BCUT2D eigenvalue weighted by molar-refractivity contribution is 0.186. The van der Waals surface area contributed by atoms with E-state index in [0.29, 0.717) is 13.1 Å². The van der Waals surface area contributed by atoms with Crippen molar-refractivity contribution < 1.29 is 9.50 Å². The molecule has 1 nitrogen and oxygen atoms in total. The molecule has 0 bridgehead atoms. The molecule has 1 N–H and O–H groups in total. The van der Waals surface area contributed by atoms with Gasteiger partial charge in [0.15, 0.2) is 0 Å². The molecule has 1 fully saturated rings. The van der Waals surface area contributed by atoms with Gasteiger partial charge in [-0.25, -0.2) is 0 Å². The molecule has 0 aromatic heterocycles. The summed E-state index contributed by atoms with van der Waals surface area (Å²) < 4.78 is 10.5. The first-order valence-corrected chi connectivity index (χ1v) is 9.29. The number of hydrogen-bond donors (Lipinski definition) is 1. The Morgan fingerprint density at radius 3 is 2.42 bits per heavy atom. The molecule has 1 aliphatic carbocycles. The first kappa shape index (κ1) is 19.1. The van der Waals surface area contributed by atoms with Crippen LogP contribution in [0.15, 0.2) is 53.0 Å². The highest BCUT2D eigenvalue weighted by atomic mass is 79.9. The normalized spacial score (nSPS) is 21.7. The second-order valence-corrected chi connectivity index (χ2v) is 7.42. The average Bonchev–Trinajstić information content (AvgIpc) is 2.63. The van der Waals surface area contributed by atoms with Crippen LogP contribution >= 0.6 is 15.9 Å². The van der Waals surface area contributed by atoms with E-state index in [9.17, 15) is 9.50 Å². The first-order valence-electron chi connectivity index (χ1n) is 8.49. The van der Waals surface area contributed by atoms with E-state index in [1.165, 1.54) is 18.2 Å². The Balaban J connectivity index is 0.00000100. The smallest absolute Gasteiger partial charge is 0.101 e. The summed E-state index contributed by atoms with van der Waals surface area (Å²) in [6.07, 6.45) is 4.21. The number of aliphatic hydroxyl groups is 1. The fourth-order valence-electron chi connectivity index (χ4n) is 3.52. The summed E-state index contributed by atoms with van der Waals surface area (Å²) in [6.45, 7) is 6.54. The Kier molecular flexibility index (Phi) is 7.00. The highest BCUT2D eigenvalue weighted by Gasteiger charge is 2.26. The first-order chi connectivity index (χ1) is 11.6. The van der Waals surface area contributed by atoms with Crippen molar-refractivity contribution in [3.8, 4) is 0 Å². The summed E-state index contributed by atoms with van der Waals surface area (Å²) in [5.74, 6) is 1.26. The van der Waals surface area contributed by atoms with Gasteiger partial charge < -0.3 is 5.11 Å². The van der Waals surface area contributed by atoms with Gasteiger partial charge in [0, 0.05) is 4.47 Å². The Labute approximate surface area is 152 Å². The molecular weight excluding hydrogens is 367 g/mol. The summed E-state index contributed by atoms with van der Waals surface area (Å²) in [6, 6.07) is 12.3. The van der Waals surface area contributed by atoms with Crippen LogP contribution in [0.3, 0.4) is 0 Å². The van der Waals surface area contributed by atoms with Gasteiger partial charge in [0.25, 0.3) is 0 Å². The van der Waals surface area contributed by atoms with E-state index in [-0.39, 0.29) is 0 Å². The lowest BCUT2D eigenvalue weighted by atomic mass is 9.77. The van der Waals surface area contributed by atoms with E-state index in [4.69, 9.17) is 0 Å². The molecule has 0 aliphatic heterocycles. The fraction of sp³-hybridized carbons (Fsp3) is 0.429. The third-order valence-electron chi connectivity index (χ3n) is 5.08. The molecule has 2 aromatic rings. The van der Waals surface area contributed by atoms with Crippen LogP contribution < -0.4 is 0 Å². The molecule has 2 aromatic carbocycles. The Hall–Kier alpha value is -1.19. The SMILES string of the molecule is C=C(C1CCC(C)CC1)C(O)c1ccc2ccccc2c1Br.CF. The minimum Gasteiger partial charge on any atom is -0.384 e. The van der Waals surface area contributed by atoms with Crippen molar-refractivity contribution in [2.45, 2.75) is 38.7 Å². The Bertz CT molecular complexity index is 689. The fourth-order valence-corrected chi connectivity index (χ4v) is 4.23. The van der Waals surface area contributed by atoms with E-state index in [1.807, 2.05) is 18.2 Å². The number of hydrogen-bond acceptors (Lipinski definition) is 1. The molecule has 3 rings (SSSR count). The molecule has 24 heavy (non-hydrogen) atoms. The molecule has 0 heterocycles. The van der Waals surface area contributed by atoms with E-state index in [1.54, 1.807) is 0 Å². The number of halogens is 2. The van der Waals surface area contributed by atoms with E-state index in [0.717, 1.165) is 39.8 Å². The number of fused-ring (bicyclic) bond motifs is 1. The van der Waals surface area contributed by atoms with Gasteiger partial charge in [0.2, 0.25) is 0 Å². The predicted molar refractivity (Wildman–Crippen MR) is 104 cm³/mol. The number of rotatable bonds is 3. The summed E-state index contributed by atoms with van der Waals surface area (Å²) in [7, 11) is 0.500. The predicted octanol–water partition coefficient (Wildman–Crippen LogP) is 6.60. The zero-order valence-corrected chi connectivity index (χ0v) is 16.0. The maximum atomic E-state index is 10.8. The molecule has 0 saturated heterocycles. The maximum absolute atomic E-state index is 10.8. The van der Waals surface area contributed by atoms with Crippen molar-refractivity contribution >= 4 is 26.7 Å². The third-order valence-corrected chi connectivity index (χ3v) is 5.96. The second-order valence-electron chi connectivity index (χ2n) is 6.62. The van der Waals surface area contributed by atoms with Crippen molar-refractivity contribution in [3.05, 3.63) is 58.6 Å². The number of alkyl halides is 1. The second kappa shape index (κ2) is 8.77. The maximum Gasteiger partial charge on any atom is 0.101 e. The zero-order valence-electron chi connectivity index (χ0n) is 14.4. The van der Waals surface area contributed by atoms with Crippen molar-refractivity contribution in [1.82, 2.24) is 0 Å². The highest BCUT2D eigenvalue weighted by Crippen LogP contribution is 2.40. The monoisotopic (exact) mass is 392 g/mol. The van der Waals surface area contributed by atoms with Crippen LogP contribution in [-0.2, 0) is 0 Å². The van der Waals surface area contributed by atoms with Gasteiger partial charge in [0.1, 0.15) is 6.10 Å². The minimum atomic E-state index is -0.586. The quantitative estimate of drug-likeness (QED) is 0.582. The summed E-state index contributed by atoms with van der Waals surface area (Å²) in [5, 5.41) is 13.1. The molecule has 3 heteroatoms. The minimum absolute atomic E-state index is 0.449. The van der Waals surface area contributed by atoms with E-state index < -0.39 is 6.10 Å². The molecule has 1 unspecified atom stereocenters. The third kappa shape index (κ3) is 4.07. The summed E-state index contributed by atoms with van der Waals surface area (Å²) in [4.78, 5) is 0. The van der Waals surface area contributed by atoms with Crippen molar-refractivity contribution in [1.29, 1.82) is 0 Å². The molecule has 1 saturated carbocycles. The molecule has 0 spiro atoms. The van der Waals surface area contributed by atoms with Gasteiger partial charge >= 0.3 is 0 Å². The van der Waals surface area contributed by atoms with Crippen molar-refractivity contribution in [2.24, 2.45) is 11.8 Å². The molecule has 0 amide bonds. The molecule has 130 valence electrons. The standard InChI is InChI=1S/C20H23BrO.CH3F/c1-13-7-9-15(10-8-13)14(2)20(22)18-12-11-16-5-3-4-6-17(16)19(18)21;1-2/h3-6,11-13,15,20,22H,2,7-10H2,1H3;1H3.